The lowest BCUT2D eigenvalue weighted by atomic mass is 10.2. The number of ether oxygens (including phenoxy) is 3. The maximum Gasteiger partial charge on any atom is 0.199 e. The standard InChI is InChI=1S/C14H22N2O3/c1-17-9-7-16-13-10-11(5-6-12(13)15)19-14-4-2-3-8-18-14/h5-6,10,14,16H,2-4,7-9,15H2,1H3. The molecule has 5 heteroatoms. The Morgan fingerprint density at radius 2 is 2.32 bits per heavy atom. The fourth-order valence-electron chi connectivity index (χ4n) is 2.01. The molecule has 106 valence electrons. The molecule has 0 bridgehead atoms. The molecular formula is C14H22N2O3. The van der Waals surface area contributed by atoms with E-state index in [0.29, 0.717) is 18.8 Å². The Hall–Kier alpha value is -1.46. The van der Waals surface area contributed by atoms with Crippen molar-refractivity contribution in [3.05, 3.63) is 18.2 Å². The largest absolute Gasteiger partial charge is 0.465 e. The molecule has 0 radical (unpaired) electrons. The molecule has 0 saturated carbocycles. The molecule has 5 nitrogen and oxygen atoms in total. The van der Waals surface area contributed by atoms with Crippen molar-refractivity contribution in [1.82, 2.24) is 0 Å². The van der Waals surface area contributed by atoms with Gasteiger partial charge in [-0.05, 0) is 25.0 Å². The maximum absolute atomic E-state index is 5.91. The van der Waals surface area contributed by atoms with E-state index in [2.05, 4.69) is 5.32 Å². The molecule has 1 unspecified atom stereocenters. The SMILES string of the molecule is COCCNc1cc(OC2CCCCO2)ccc1N. The van der Waals surface area contributed by atoms with Crippen LogP contribution in [0.1, 0.15) is 19.3 Å². The van der Waals surface area contributed by atoms with E-state index in [4.69, 9.17) is 19.9 Å². The van der Waals surface area contributed by atoms with Crippen LogP contribution in [-0.4, -0.2) is 33.2 Å². The first-order valence-electron chi connectivity index (χ1n) is 6.70. The summed E-state index contributed by atoms with van der Waals surface area (Å²) in [4.78, 5) is 0. The number of nitrogens with one attached hydrogen (secondary N) is 1. The summed E-state index contributed by atoms with van der Waals surface area (Å²) in [5.41, 5.74) is 7.48. The van der Waals surface area contributed by atoms with Crippen molar-refractivity contribution < 1.29 is 14.2 Å². The Labute approximate surface area is 114 Å². The number of nitrogen functional groups attached to an aromatic ring is 1. The van der Waals surface area contributed by atoms with Crippen LogP contribution in [0, 0.1) is 0 Å². The van der Waals surface area contributed by atoms with Gasteiger partial charge < -0.3 is 25.3 Å². The van der Waals surface area contributed by atoms with Gasteiger partial charge in [-0.2, -0.15) is 0 Å². The molecule has 1 saturated heterocycles. The molecule has 1 heterocycles. The lowest BCUT2D eigenvalue weighted by Crippen LogP contribution is -2.25. The predicted molar refractivity (Wildman–Crippen MR) is 75.4 cm³/mol. The fourth-order valence-corrected chi connectivity index (χ4v) is 2.01. The van der Waals surface area contributed by atoms with Gasteiger partial charge in [0, 0.05) is 26.1 Å². The summed E-state index contributed by atoms with van der Waals surface area (Å²) in [7, 11) is 1.67. The van der Waals surface area contributed by atoms with Crippen LogP contribution < -0.4 is 15.8 Å². The Kier molecular flexibility index (Phi) is 5.30. The van der Waals surface area contributed by atoms with E-state index in [1.807, 2.05) is 18.2 Å². The summed E-state index contributed by atoms with van der Waals surface area (Å²) in [6, 6.07) is 5.62. The highest BCUT2D eigenvalue weighted by Gasteiger charge is 2.15. The molecule has 1 fully saturated rings. The molecule has 3 N–H and O–H groups in total. The molecule has 2 rings (SSSR count). The molecule has 19 heavy (non-hydrogen) atoms. The van der Waals surface area contributed by atoms with Gasteiger partial charge in [0.05, 0.1) is 24.6 Å². The maximum atomic E-state index is 5.91. The van der Waals surface area contributed by atoms with Crippen molar-refractivity contribution in [1.29, 1.82) is 0 Å². The van der Waals surface area contributed by atoms with E-state index in [1.54, 1.807) is 7.11 Å². The van der Waals surface area contributed by atoms with E-state index in [1.165, 1.54) is 0 Å². The summed E-state index contributed by atoms with van der Waals surface area (Å²) in [6.07, 6.45) is 3.07. The zero-order valence-corrected chi connectivity index (χ0v) is 11.4. The van der Waals surface area contributed by atoms with E-state index >= 15 is 0 Å². The molecule has 1 atom stereocenters. The summed E-state index contributed by atoms with van der Waals surface area (Å²) >= 11 is 0. The second-order valence-electron chi connectivity index (χ2n) is 4.58. The van der Waals surface area contributed by atoms with Crippen molar-refractivity contribution in [2.75, 3.05) is 37.9 Å². The Morgan fingerprint density at radius 3 is 3.05 bits per heavy atom. The van der Waals surface area contributed by atoms with Gasteiger partial charge in [-0.25, -0.2) is 0 Å². The number of anilines is 2. The van der Waals surface area contributed by atoms with Crippen molar-refractivity contribution in [2.24, 2.45) is 0 Å². The second kappa shape index (κ2) is 7.21. The zero-order valence-electron chi connectivity index (χ0n) is 11.4. The van der Waals surface area contributed by atoms with Crippen LogP contribution in [0.2, 0.25) is 0 Å². The molecule has 1 aromatic rings. The Bertz CT molecular complexity index is 392. The van der Waals surface area contributed by atoms with Gasteiger partial charge in [-0.15, -0.1) is 0 Å². The number of hydrogen-bond acceptors (Lipinski definition) is 5. The van der Waals surface area contributed by atoms with Gasteiger partial charge in [0.15, 0.2) is 6.29 Å². The summed E-state index contributed by atoms with van der Waals surface area (Å²) < 4.78 is 16.4. The van der Waals surface area contributed by atoms with Gasteiger partial charge in [-0.1, -0.05) is 0 Å². The minimum absolute atomic E-state index is 0.135. The highest BCUT2D eigenvalue weighted by molar-refractivity contribution is 5.68. The third kappa shape index (κ3) is 4.29. The predicted octanol–water partition coefficient (Wildman–Crippen LogP) is 2.23. The van der Waals surface area contributed by atoms with Crippen LogP contribution in [0.25, 0.3) is 0 Å². The van der Waals surface area contributed by atoms with Gasteiger partial charge in [0.2, 0.25) is 0 Å². The molecular weight excluding hydrogens is 244 g/mol. The smallest absolute Gasteiger partial charge is 0.199 e. The van der Waals surface area contributed by atoms with Crippen LogP contribution in [0.3, 0.4) is 0 Å². The lowest BCUT2D eigenvalue weighted by Gasteiger charge is -2.24. The number of hydrogen-bond donors (Lipinski definition) is 2. The number of benzene rings is 1. The first kappa shape index (κ1) is 14.0. The zero-order chi connectivity index (χ0) is 13.5. The Balaban J connectivity index is 1.94. The molecule has 0 amide bonds. The lowest BCUT2D eigenvalue weighted by molar-refractivity contribution is -0.105. The van der Waals surface area contributed by atoms with Gasteiger partial charge >= 0.3 is 0 Å². The first-order valence-corrected chi connectivity index (χ1v) is 6.70. The van der Waals surface area contributed by atoms with E-state index in [0.717, 1.165) is 37.3 Å². The summed E-state index contributed by atoms with van der Waals surface area (Å²) in [5, 5.41) is 3.22. The van der Waals surface area contributed by atoms with Crippen LogP contribution in [0.5, 0.6) is 5.75 Å². The third-order valence-corrected chi connectivity index (χ3v) is 3.05. The first-order chi connectivity index (χ1) is 9.29. The molecule has 1 aliphatic heterocycles. The van der Waals surface area contributed by atoms with Gasteiger partial charge in [0.1, 0.15) is 5.75 Å². The Morgan fingerprint density at radius 1 is 1.42 bits per heavy atom. The fraction of sp³-hybridized carbons (Fsp3) is 0.571. The van der Waals surface area contributed by atoms with Crippen LogP contribution >= 0.6 is 0 Å². The highest BCUT2D eigenvalue weighted by Crippen LogP contribution is 2.26. The number of nitrogens with two attached hydrogens (primary N) is 1. The topological polar surface area (TPSA) is 65.7 Å². The monoisotopic (exact) mass is 266 g/mol. The van der Waals surface area contributed by atoms with Crippen LogP contribution in [-0.2, 0) is 9.47 Å². The van der Waals surface area contributed by atoms with E-state index in [-0.39, 0.29) is 6.29 Å². The minimum Gasteiger partial charge on any atom is -0.465 e. The normalized spacial score (nSPS) is 19.1. The summed E-state index contributed by atoms with van der Waals surface area (Å²) in [5.74, 6) is 0.779. The van der Waals surface area contributed by atoms with Crippen molar-refractivity contribution in [3.63, 3.8) is 0 Å². The van der Waals surface area contributed by atoms with Crippen molar-refractivity contribution >= 4 is 11.4 Å². The van der Waals surface area contributed by atoms with Gasteiger partial charge in [-0.3, -0.25) is 0 Å². The summed E-state index contributed by atoms with van der Waals surface area (Å²) in [6.45, 7) is 2.12. The molecule has 1 aliphatic rings. The molecule has 0 aromatic heterocycles. The quantitative estimate of drug-likeness (QED) is 0.610. The molecule has 1 aromatic carbocycles. The second-order valence-corrected chi connectivity index (χ2v) is 4.58. The highest BCUT2D eigenvalue weighted by atomic mass is 16.7. The molecule has 0 spiro atoms. The minimum atomic E-state index is -0.135. The average Bonchev–Trinajstić information content (AvgIpc) is 2.44. The number of rotatable bonds is 6. The van der Waals surface area contributed by atoms with E-state index < -0.39 is 0 Å². The van der Waals surface area contributed by atoms with Crippen molar-refractivity contribution in [3.8, 4) is 5.75 Å². The average molecular weight is 266 g/mol. The van der Waals surface area contributed by atoms with E-state index in [9.17, 15) is 0 Å². The molecule has 0 aliphatic carbocycles. The third-order valence-electron chi connectivity index (χ3n) is 3.05. The van der Waals surface area contributed by atoms with Crippen LogP contribution in [0.15, 0.2) is 18.2 Å². The van der Waals surface area contributed by atoms with Crippen molar-refractivity contribution in [2.45, 2.75) is 25.6 Å². The van der Waals surface area contributed by atoms with Crippen LogP contribution in [0.4, 0.5) is 11.4 Å². The van der Waals surface area contributed by atoms with Gasteiger partial charge in [0.25, 0.3) is 0 Å². The number of methoxy groups -OCH3 is 1.